The predicted octanol–water partition coefficient (Wildman–Crippen LogP) is 2.79. The lowest BCUT2D eigenvalue weighted by molar-refractivity contribution is 0.0540. The summed E-state index contributed by atoms with van der Waals surface area (Å²) in [5.74, 6) is -3.48. The maximum atomic E-state index is 13.8. The highest BCUT2D eigenvalue weighted by Gasteiger charge is 2.28. The molecule has 1 aromatic carbocycles. The second-order valence-corrected chi connectivity index (χ2v) is 4.48. The van der Waals surface area contributed by atoms with Crippen molar-refractivity contribution in [3.63, 3.8) is 0 Å². The summed E-state index contributed by atoms with van der Waals surface area (Å²) in [4.78, 5) is 0. The Balaban J connectivity index is 2.29. The van der Waals surface area contributed by atoms with Crippen molar-refractivity contribution >= 4 is 0 Å². The van der Waals surface area contributed by atoms with Gasteiger partial charge in [0.15, 0.2) is 17.5 Å². The molecule has 0 bridgehead atoms. The summed E-state index contributed by atoms with van der Waals surface area (Å²) in [6.07, 6.45) is 1.56. The maximum absolute atomic E-state index is 13.8. The van der Waals surface area contributed by atoms with Gasteiger partial charge < -0.3 is 10.1 Å². The van der Waals surface area contributed by atoms with E-state index in [1.165, 1.54) is 6.07 Å². The minimum Gasteiger partial charge on any atom is -0.381 e. The summed E-state index contributed by atoms with van der Waals surface area (Å²) in [6, 6.07) is 1.96. The van der Waals surface area contributed by atoms with Crippen molar-refractivity contribution in [2.45, 2.75) is 18.9 Å². The number of nitrogens with one attached hydrogen (secondary N) is 1. The molecular weight excluding hydrogens is 243 g/mol. The first-order chi connectivity index (χ1) is 8.65. The Bertz CT molecular complexity index is 419. The summed E-state index contributed by atoms with van der Waals surface area (Å²) >= 11 is 0. The molecule has 2 rings (SSSR count). The Hall–Kier alpha value is -1.07. The number of hydrogen-bond donors (Lipinski definition) is 1. The van der Waals surface area contributed by atoms with Crippen molar-refractivity contribution in [3.05, 3.63) is 35.1 Å². The summed E-state index contributed by atoms with van der Waals surface area (Å²) in [6.45, 7) is 1.24. The number of rotatable bonds is 3. The van der Waals surface area contributed by atoms with Crippen LogP contribution in [0.5, 0.6) is 0 Å². The van der Waals surface area contributed by atoms with Crippen molar-refractivity contribution in [3.8, 4) is 0 Å². The zero-order valence-electron chi connectivity index (χ0n) is 10.2. The molecule has 1 aliphatic heterocycles. The summed E-state index contributed by atoms with van der Waals surface area (Å²) in [5, 5.41) is 2.99. The van der Waals surface area contributed by atoms with Gasteiger partial charge in [0.25, 0.3) is 0 Å². The van der Waals surface area contributed by atoms with Crippen LogP contribution in [0.2, 0.25) is 0 Å². The largest absolute Gasteiger partial charge is 0.381 e. The Morgan fingerprint density at radius 2 is 1.83 bits per heavy atom. The van der Waals surface area contributed by atoms with Crippen LogP contribution in [-0.4, -0.2) is 20.3 Å². The van der Waals surface area contributed by atoms with Crippen LogP contribution in [0.25, 0.3) is 0 Å². The highest BCUT2D eigenvalue weighted by molar-refractivity contribution is 5.24. The van der Waals surface area contributed by atoms with E-state index < -0.39 is 17.5 Å². The summed E-state index contributed by atoms with van der Waals surface area (Å²) in [5.41, 5.74) is 0.184. The molecule has 2 nitrogen and oxygen atoms in total. The van der Waals surface area contributed by atoms with E-state index in [2.05, 4.69) is 5.32 Å². The standard InChI is InChI=1S/C13H16F3NO/c1-17-13(8-4-6-18-7-5-8)9-2-3-10(14)12(16)11(9)15/h2-3,8,13,17H,4-7H2,1H3. The van der Waals surface area contributed by atoms with Crippen LogP contribution < -0.4 is 5.32 Å². The Morgan fingerprint density at radius 1 is 1.17 bits per heavy atom. The average Bonchev–Trinajstić information content (AvgIpc) is 2.41. The van der Waals surface area contributed by atoms with Crippen molar-refractivity contribution in [1.29, 1.82) is 0 Å². The molecule has 100 valence electrons. The molecule has 1 atom stereocenters. The van der Waals surface area contributed by atoms with Gasteiger partial charge in [-0.15, -0.1) is 0 Å². The topological polar surface area (TPSA) is 21.3 Å². The van der Waals surface area contributed by atoms with Crippen LogP contribution in [0.15, 0.2) is 12.1 Å². The molecule has 0 aliphatic carbocycles. The molecule has 18 heavy (non-hydrogen) atoms. The maximum Gasteiger partial charge on any atom is 0.194 e. The third kappa shape index (κ3) is 2.52. The van der Waals surface area contributed by atoms with Gasteiger partial charge in [-0.05, 0) is 31.9 Å². The fraction of sp³-hybridized carbons (Fsp3) is 0.538. The lowest BCUT2D eigenvalue weighted by Crippen LogP contribution is -2.31. The molecular formula is C13H16F3NO. The van der Waals surface area contributed by atoms with Gasteiger partial charge in [0.1, 0.15) is 0 Å². The SMILES string of the molecule is CNC(c1ccc(F)c(F)c1F)C1CCOCC1. The molecule has 0 spiro atoms. The Morgan fingerprint density at radius 3 is 2.44 bits per heavy atom. The molecule has 1 N–H and O–H groups in total. The van der Waals surface area contributed by atoms with E-state index in [1.807, 2.05) is 0 Å². The van der Waals surface area contributed by atoms with Gasteiger partial charge in [-0.2, -0.15) is 0 Å². The van der Waals surface area contributed by atoms with Crippen LogP contribution in [0.4, 0.5) is 13.2 Å². The van der Waals surface area contributed by atoms with Crippen LogP contribution in [-0.2, 0) is 4.74 Å². The highest BCUT2D eigenvalue weighted by Crippen LogP contribution is 2.32. The third-order valence-corrected chi connectivity index (χ3v) is 3.45. The minimum absolute atomic E-state index is 0.170. The molecule has 1 aromatic rings. The highest BCUT2D eigenvalue weighted by atomic mass is 19.2. The van der Waals surface area contributed by atoms with Crippen molar-refractivity contribution in [1.82, 2.24) is 5.32 Å². The predicted molar refractivity (Wildman–Crippen MR) is 61.7 cm³/mol. The Labute approximate surface area is 104 Å². The summed E-state index contributed by atoms with van der Waals surface area (Å²) < 4.78 is 45.2. The zero-order chi connectivity index (χ0) is 13.1. The molecule has 1 fully saturated rings. The van der Waals surface area contributed by atoms with Gasteiger partial charge >= 0.3 is 0 Å². The fourth-order valence-corrected chi connectivity index (χ4v) is 2.48. The average molecular weight is 259 g/mol. The van der Waals surface area contributed by atoms with Crippen molar-refractivity contribution < 1.29 is 17.9 Å². The number of ether oxygens (including phenoxy) is 1. The second-order valence-electron chi connectivity index (χ2n) is 4.48. The molecule has 0 saturated carbocycles. The van der Waals surface area contributed by atoms with Crippen LogP contribution in [0.3, 0.4) is 0 Å². The van der Waals surface area contributed by atoms with E-state index in [1.54, 1.807) is 7.05 Å². The minimum atomic E-state index is -1.40. The first-order valence-corrected chi connectivity index (χ1v) is 6.03. The lowest BCUT2D eigenvalue weighted by atomic mass is 9.87. The lowest BCUT2D eigenvalue weighted by Gasteiger charge is -2.30. The fourth-order valence-electron chi connectivity index (χ4n) is 2.48. The molecule has 0 radical (unpaired) electrons. The second kappa shape index (κ2) is 5.71. The van der Waals surface area contributed by atoms with Crippen LogP contribution >= 0.6 is 0 Å². The van der Waals surface area contributed by atoms with Crippen LogP contribution in [0.1, 0.15) is 24.4 Å². The van der Waals surface area contributed by atoms with E-state index in [-0.39, 0.29) is 17.5 Å². The number of halogens is 3. The molecule has 0 aromatic heterocycles. The monoisotopic (exact) mass is 259 g/mol. The Kier molecular flexibility index (Phi) is 4.24. The van der Waals surface area contributed by atoms with Crippen LogP contribution in [0, 0.1) is 23.4 Å². The number of benzene rings is 1. The van der Waals surface area contributed by atoms with Gasteiger partial charge in [-0.25, -0.2) is 13.2 Å². The zero-order valence-corrected chi connectivity index (χ0v) is 10.2. The van der Waals surface area contributed by atoms with Gasteiger partial charge in [-0.3, -0.25) is 0 Å². The molecule has 1 aliphatic rings. The van der Waals surface area contributed by atoms with E-state index in [0.717, 1.165) is 18.9 Å². The van der Waals surface area contributed by atoms with E-state index in [9.17, 15) is 13.2 Å². The molecule has 5 heteroatoms. The quantitative estimate of drug-likeness (QED) is 0.843. The van der Waals surface area contributed by atoms with Gasteiger partial charge in [0.05, 0.1) is 0 Å². The molecule has 1 heterocycles. The van der Waals surface area contributed by atoms with Gasteiger partial charge in [0.2, 0.25) is 0 Å². The van der Waals surface area contributed by atoms with E-state index in [0.29, 0.717) is 13.2 Å². The van der Waals surface area contributed by atoms with E-state index in [4.69, 9.17) is 4.74 Å². The smallest absolute Gasteiger partial charge is 0.194 e. The number of hydrogen-bond acceptors (Lipinski definition) is 2. The van der Waals surface area contributed by atoms with Gasteiger partial charge in [0, 0.05) is 24.8 Å². The first kappa shape index (κ1) is 13.4. The normalized spacial score (nSPS) is 18.9. The van der Waals surface area contributed by atoms with E-state index >= 15 is 0 Å². The van der Waals surface area contributed by atoms with Crippen molar-refractivity contribution in [2.24, 2.45) is 5.92 Å². The summed E-state index contributed by atoms with van der Waals surface area (Å²) in [7, 11) is 1.70. The van der Waals surface area contributed by atoms with Crippen molar-refractivity contribution in [2.75, 3.05) is 20.3 Å². The molecule has 1 saturated heterocycles. The molecule has 1 unspecified atom stereocenters. The third-order valence-electron chi connectivity index (χ3n) is 3.45. The molecule has 0 amide bonds. The first-order valence-electron chi connectivity index (χ1n) is 6.03. The van der Waals surface area contributed by atoms with Gasteiger partial charge in [-0.1, -0.05) is 6.07 Å².